The molecule has 5 nitrogen and oxygen atoms in total. The van der Waals surface area contributed by atoms with Crippen LogP contribution in [-0.4, -0.2) is 17.5 Å². The molecular weight excluding hydrogens is 238 g/mol. The van der Waals surface area contributed by atoms with Crippen molar-refractivity contribution in [3.63, 3.8) is 0 Å². The van der Waals surface area contributed by atoms with Crippen LogP contribution >= 0.6 is 22.9 Å². The standard InChI is InChI=1S/C8H8ClN3O2S/c1-4(5-2-3-6(9)15-5)11-12-8(14)7(10)13/h2-3H,1H3,(H2,10,13)(H,12,14). The Hall–Kier alpha value is -1.40. The van der Waals surface area contributed by atoms with Gasteiger partial charge in [0.05, 0.1) is 14.9 Å². The molecule has 0 unspecified atom stereocenters. The second kappa shape index (κ2) is 4.90. The first-order chi connectivity index (χ1) is 7.00. The van der Waals surface area contributed by atoms with E-state index in [-0.39, 0.29) is 0 Å². The molecule has 7 heteroatoms. The number of nitrogens with zero attached hydrogens (tertiary/aromatic N) is 1. The number of hydrogen-bond donors (Lipinski definition) is 2. The smallest absolute Gasteiger partial charge is 0.329 e. The van der Waals surface area contributed by atoms with Crippen molar-refractivity contribution < 1.29 is 9.59 Å². The van der Waals surface area contributed by atoms with Gasteiger partial charge in [0.1, 0.15) is 0 Å². The minimum absolute atomic E-state index is 0.557. The summed E-state index contributed by atoms with van der Waals surface area (Å²) in [7, 11) is 0. The zero-order chi connectivity index (χ0) is 11.4. The molecule has 0 spiro atoms. The topological polar surface area (TPSA) is 84.6 Å². The molecule has 0 aliphatic rings. The summed E-state index contributed by atoms with van der Waals surface area (Å²) in [4.78, 5) is 22.0. The van der Waals surface area contributed by atoms with Crippen LogP contribution in [0.4, 0.5) is 0 Å². The quantitative estimate of drug-likeness (QED) is 0.457. The first-order valence-electron chi connectivity index (χ1n) is 3.90. The number of nitrogens with one attached hydrogen (secondary N) is 1. The Kier molecular flexibility index (Phi) is 3.81. The summed E-state index contributed by atoms with van der Waals surface area (Å²) in [6.07, 6.45) is 0. The van der Waals surface area contributed by atoms with Crippen LogP contribution in [0.25, 0.3) is 0 Å². The maximum absolute atomic E-state index is 10.8. The van der Waals surface area contributed by atoms with E-state index in [9.17, 15) is 9.59 Å². The van der Waals surface area contributed by atoms with Gasteiger partial charge in [-0.15, -0.1) is 11.3 Å². The fraction of sp³-hybridized carbons (Fsp3) is 0.125. The number of carbonyl (C=O) groups is 2. The van der Waals surface area contributed by atoms with Gasteiger partial charge in [-0.3, -0.25) is 9.59 Å². The minimum atomic E-state index is -1.07. The molecule has 0 aliphatic heterocycles. The zero-order valence-corrected chi connectivity index (χ0v) is 9.35. The predicted molar refractivity (Wildman–Crippen MR) is 58.9 cm³/mol. The van der Waals surface area contributed by atoms with E-state index in [1.165, 1.54) is 11.3 Å². The van der Waals surface area contributed by atoms with Crippen LogP contribution in [0.1, 0.15) is 11.8 Å². The Labute approximate surface area is 94.9 Å². The molecule has 1 aromatic rings. The van der Waals surface area contributed by atoms with Crippen LogP contribution in [-0.2, 0) is 9.59 Å². The van der Waals surface area contributed by atoms with E-state index >= 15 is 0 Å². The van der Waals surface area contributed by atoms with Crippen molar-refractivity contribution in [1.82, 2.24) is 5.43 Å². The van der Waals surface area contributed by atoms with E-state index < -0.39 is 11.8 Å². The maximum atomic E-state index is 10.8. The Morgan fingerprint density at radius 2 is 2.20 bits per heavy atom. The largest absolute Gasteiger partial charge is 0.361 e. The van der Waals surface area contributed by atoms with Crippen LogP contribution in [0.15, 0.2) is 17.2 Å². The third-order valence-electron chi connectivity index (χ3n) is 1.48. The predicted octanol–water partition coefficient (Wildman–Crippen LogP) is 0.727. The number of rotatable bonds is 2. The Morgan fingerprint density at radius 1 is 1.53 bits per heavy atom. The van der Waals surface area contributed by atoms with Gasteiger partial charge in [0.25, 0.3) is 0 Å². The molecule has 80 valence electrons. The van der Waals surface area contributed by atoms with Crippen LogP contribution < -0.4 is 11.2 Å². The lowest BCUT2D eigenvalue weighted by molar-refractivity contribution is -0.137. The van der Waals surface area contributed by atoms with E-state index in [4.69, 9.17) is 17.3 Å². The lowest BCUT2D eigenvalue weighted by atomic mass is 10.3. The molecule has 3 N–H and O–H groups in total. The lowest BCUT2D eigenvalue weighted by Gasteiger charge is -1.97. The van der Waals surface area contributed by atoms with Gasteiger partial charge >= 0.3 is 11.8 Å². The van der Waals surface area contributed by atoms with Gasteiger partial charge in [-0.2, -0.15) is 5.10 Å². The summed E-state index contributed by atoms with van der Waals surface area (Å²) >= 11 is 7.04. The van der Waals surface area contributed by atoms with Crippen molar-refractivity contribution in [1.29, 1.82) is 0 Å². The third kappa shape index (κ3) is 3.34. The molecule has 0 radical (unpaired) electrons. The average molecular weight is 246 g/mol. The number of hydrazone groups is 1. The monoisotopic (exact) mass is 245 g/mol. The van der Waals surface area contributed by atoms with Crippen molar-refractivity contribution >= 4 is 40.5 Å². The Balaban J connectivity index is 2.69. The molecular formula is C8H8ClN3O2S. The van der Waals surface area contributed by atoms with Crippen LogP contribution in [0.5, 0.6) is 0 Å². The first-order valence-corrected chi connectivity index (χ1v) is 5.10. The van der Waals surface area contributed by atoms with Crippen molar-refractivity contribution in [3.05, 3.63) is 21.3 Å². The SMILES string of the molecule is CC(=NNC(=O)C(N)=O)c1ccc(Cl)s1. The van der Waals surface area contributed by atoms with E-state index in [0.29, 0.717) is 10.0 Å². The highest BCUT2D eigenvalue weighted by Crippen LogP contribution is 2.21. The summed E-state index contributed by atoms with van der Waals surface area (Å²) in [6, 6.07) is 3.48. The average Bonchev–Trinajstić information content (AvgIpc) is 2.60. The first kappa shape index (κ1) is 11.7. The van der Waals surface area contributed by atoms with Gasteiger partial charge in [0.15, 0.2) is 0 Å². The molecule has 0 saturated carbocycles. The molecule has 0 aliphatic carbocycles. The summed E-state index contributed by atoms with van der Waals surface area (Å²) in [5, 5.41) is 3.70. The lowest BCUT2D eigenvalue weighted by Crippen LogP contribution is -2.33. The normalized spacial score (nSPS) is 11.2. The molecule has 15 heavy (non-hydrogen) atoms. The van der Waals surface area contributed by atoms with Crippen LogP contribution in [0.2, 0.25) is 4.34 Å². The van der Waals surface area contributed by atoms with Gasteiger partial charge in [-0.05, 0) is 19.1 Å². The third-order valence-corrected chi connectivity index (χ3v) is 2.82. The molecule has 0 saturated heterocycles. The molecule has 0 fully saturated rings. The Morgan fingerprint density at radius 3 is 2.67 bits per heavy atom. The zero-order valence-electron chi connectivity index (χ0n) is 7.78. The number of amides is 2. The van der Waals surface area contributed by atoms with Crippen LogP contribution in [0, 0.1) is 0 Å². The van der Waals surface area contributed by atoms with Gasteiger partial charge in [-0.25, -0.2) is 5.43 Å². The van der Waals surface area contributed by atoms with Crippen molar-refractivity contribution in [3.8, 4) is 0 Å². The van der Waals surface area contributed by atoms with Crippen molar-refractivity contribution in [2.24, 2.45) is 10.8 Å². The van der Waals surface area contributed by atoms with Gasteiger partial charge in [0.2, 0.25) is 0 Å². The van der Waals surface area contributed by atoms with E-state index in [1.54, 1.807) is 19.1 Å². The number of primary amides is 1. The number of halogens is 1. The second-order valence-electron chi connectivity index (χ2n) is 2.61. The van der Waals surface area contributed by atoms with Gasteiger partial charge < -0.3 is 5.73 Å². The fourth-order valence-electron chi connectivity index (χ4n) is 0.754. The van der Waals surface area contributed by atoms with Crippen molar-refractivity contribution in [2.75, 3.05) is 0 Å². The van der Waals surface area contributed by atoms with E-state index in [1.807, 2.05) is 5.43 Å². The minimum Gasteiger partial charge on any atom is -0.361 e. The molecule has 1 rings (SSSR count). The van der Waals surface area contributed by atoms with Gasteiger partial charge in [0, 0.05) is 0 Å². The van der Waals surface area contributed by atoms with Gasteiger partial charge in [-0.1, -0.05) is 11.6 Å². The summed E-state index contributed by atoms with van der Waals surface area (Å²) < 4.78 is 0.626. The summed E-state index contributed by atoms with van der Waals surface area (Å²) in [5.41, 5.74) is 7.31. The molecule has 1 aromatic heterocycles. The number of thiophene rings is 1. The molecule has 0 aromatic carbocycles. The molecule has 0 atom stereocenters. The second-order valence-corrected chi connectivity index (χ2v) is 4.32. The highest BCUT2D eigenvalue weighted by atomic mass is 35.5. The number of hydrogen-bond acceptors (Lipinski definition) is 4. The Bertz CT molecular complexity index is 427. The molecule has 2 amide bonds. The van der Waals surface area contributed by atoms with E-state index in [0.717, 1.165) is 4.88 Å². The highest BCUT2D eigenvalue weighted by Gasteiger charge is 2.07. The summed E-state index contributed by atoms with van der Waals surface area (Å²) in [6.45, 7) is 1.68. The van der Waals surface area contributed by atoms with Crippen LogP contribution in [0.3, 0.4) is 0 Å². The molecule has 0 bridgehead atoms. The summed E-state index contributed by atoms with van der Waals surface area (Å²) in [5.74, 6) is -2.02. The van der Waals surface area contributed by atoms with Crippen molar-refractivity contribution in [2.45, 2.75) is 6.92 Å². The molecule has 1 heterocycles. The number of carbonyl (C=O) groups excluding carboxylic acids is 2. The fourth-order valence-corrected chi connectivity index (χ4v) is 1.74. The highest BCUT2D eigenvalue weighted by molar-refractivity contribution is 7.18. The van der Waals surface area contributed by atoms with E-state index in [2.05, 4.69) is 5.10 Å². The maximum Gasteiger partial charge on any atom is 0.329 e. The number of nitrogens with two attached hydrogens (primary N) is 1.